The molecule has 0 aromatic heterocycles. The van der Waals surface area contributed by atoms with Gasteiger partial charge in [0.25, 0.3) is 5.91 Å². The largest absolute Gasteiger partial charge is 0.481 e. The lowest BCUT2D eigenvalue weighted by molar-refractivity contribution is -0.142. The highest BCUT2D eigenvalue weighted by Gasteiger charge is 2.37. The van der Waals surface area contributed by atoms with Gasteiger partial charge in [-0.25, -0.2) is 0 Å². The lowest BCUT2D eigenvalue weighted by atomic mass is 9.95. The van der Waals surface area contributed by atoms with Crippen LogP contribution >= 0.6 is 0 Å². The standard InChI is InChI=1S/C19H24N2O5/c1-12-7-8-15-14(9-12)21(19(25)16(26-15)10-18(23)24)11-17(22)20-13-5-3-2-4-6-13/h7-9,13,16H,2-6,10-11H2,1H3,(H,20,22)(H,23,24). The number of nitrogens with zero attached hydrogens (tertiary/aromatic N) is 1. The van der Waals surface area contributed by atoms with Gasteiger partial charge < -0.3 is 15.2 Å². The molecule has 1 aliphatic carbocycles. The molecule has 1 aliphatic heterocycles. The maximum absolute atomic E-state index is 12.7. The molecular weight excluding hydrogens is 336 g/mol. The molecule has 1 saturated carbocycles. The summed E-state index contributed by atoms with van der Waals surface area (Å²) in [7, 11) is 0. The highest BCUT2D eigenvalue weighted by atomic mass is 16.5. The van der Waals surface area contributed by atoms with Gasteiger partial charge in [-0.15, -0.1) is 0 Å². The van der Waals surface area contributed by atoms with Crippen LogP contribution in [0.4, 0.5) is 5.69 Å². The number of fused-ring (bicyclic) bond motifs is 1. The van der Waals surface area contributed by atoms with E-state index in [4.69, 9.17) is 9.84 Å². The third-order valence-corrected chi connectivity index (χ3v) is 4.85. The average Bonchev–Trinajstić information content (AvgIpc) is 2.59. The number of carbonyl (C=O) groups excluding carboxylic acids is 2. The number of carboxylic acids is 1. The molecule has 26 heavy (non-hydrogen) atoms. The van der Waals surface area contributed by atoms with Gasteiger partial charge in [-0.1, -0.05) is 25.3 Å². The van der Waals surface area contributed by atoms with E-state index in [0.29, 0.717) is 11.4 Å². The summed E-state index contributed by atoms with van der Waals surface area (Å²) in [6.45, 7) is 1.75. The minimum Gasteiger partial charge on any atom is -0.481 e. The summed E-state index contributed by atoms with van der Waals surface area (Å²) < 4.78 is 5.57. The zero-order chi connectivity index (χ0) is 18.7. The second kappa shape index (κ2) is 7.76. The third kappa shape index (κ3) is 4.15. The summed E-state index contributed by atoms with van der Waals surface area (Å²) in [6, 6.07) is 5.46. The normalized spacial score (nSPS) is 20.3. The molecule has 7 nitrogen and oxygen atoms in total. The number of amides is 2. The van der Waals surface area contributed by atoms with Crippen molar-refractivity contribution in [3.05, 3.63) is 23.8 Å². The molecule has 1 heterocycles. The van der Waals surface area contributed by atoms with E-state index in [-0.39, 0.29) is 18.5 Å². The molecule has 0 radical (unpaired) electrons. The maximum atomic E-state index is 12.7. The maximum Gasteiger partial charge on any atom is 0.307 e. The van der Waals surface area contributed by atoms with Gasteiger partial charge >= 0.3 is 5.97 Å². The van der Waals surface area contributed by atoms with Crippen LogP contribution in [0.15, 0.2) is 18.2 Å². The number of carbonyl (C=O) groups is 3. The van der Waals surface area contributed by atoms with E-state index in [1.165, 1.54) is 11.3 Å². The number of anilines is 1. The van der Waals surface area contributed by atoms with Crippen molar-refractivity contribution in [2.75, 3.05) is 11.4 Å². The minimum atomic E-state index is -1.12. The molecule has 140 valence electrons. The lowest BCUT2D eigenvalue weighted by Gasteiger charge is -2.34. The number of hydrogen-bond donors (Lipinski definition) is 2. The van der Waals surface area contributed by atoms with Crippen LogP contribution in [0.2, 0.25) is 0 Å². The van der Waals surface area contributed by atoms with E-state index >= 15 is 0 Å². The van der Waals surface area contributed by atoms with Crippen molar-refractivity contribution in [1.29, 1.82) is 0 Å². The molecule has 2 aliphatic rings. The fraction of sp³-hybridized carbons (Fsp3) is 0.526. The summed E-state index contributed by atoms with van der Waals surface area (Å²) >= 11 is 0. The molecule has 1 aromatic carbocycles. The van der Waals surface area contributed by atoms with Crippen LogP contribution in [0.5, 0.6) is 5.75 Å². The van der Waals surface area contributed by atoms with E-state index in [0.717, 1.165) is 31.2 Å². The van der Waals surface area contributed by atoms with Crippen molar-refractivity contribution in [2.24, 2.45) is 0 Å². The van der Waals surface area contributed by atoms with E-state index in [1.54, 1.807) is 12.1 Å². The Morgan fingerprint density at radius 1 is 1.27 bits per heavy atom. The Morgan fingerprint density at radius 3 is 2.69 bits per heavy atom. The molecule has 0 saturated heterocycles. The highest BCUT2D eigenvalue weighted by Crippen LogP contribution is 2.35. The quantitative estimate of drug-likeness (QED) is 0.837. The van der Waals surface area contributed by atoms with Crippen LogP contribution in [-0.2, 0) is 14.4 Å². The second-order valence-corrected chi connectivity index (χ2v) is 7.00. The molecule has 1 aromatic rings. The van der Waals surface area contributed by atoms with Crippen LogP contribution in [-0.4, -0.2) is 41.6 Å². The summed E-state index contributed by atoms with van der Waals surface area (Å²) in [5.41, 5.74) is 1.44. The first-order valence-corrected chi connectivity index (χ1v) is 9.04. The molecule has 0 spiro atoms. The van der Waals surface area contributed by atoms with Crippen molar-refractivity contribution >= 4 is 23.5 Å². The number of ether oxygens (including phenoxy) is 1. The smallest absolute Gasteiger partial charge is 0.307 e. The Labute approximate surface area is 152 Å². The van der Waals surface area contributed by atoms with Gasteiger partial charge in [-0.3, -0.25) is 19.3 Å². The second-order valence-electron chi connectivity index (χ2n) is 7.00. The summed E-state index contributed by atoms with van der Waals surface area (Å²) in [5.74, 6) is -1.42. The molecule has 0 bridgehead atoms. The number of carboxylic acid groups (broad SMARTS) is 1. The predicted molar refractivity (Wildman–Crippen MR) is 95.2 cm³/mol. The van der Waals surface area contributed by atoms with E-state index in [9.17, 15) is 14.4 Å². The van der Waals surface area contributed by atoms with Crippen LogP contribution in [0, 0.1) is 6.92 Å². The molecule has 2 N–H and O–H groups in total. The Hall–Kier alpha value is -2.57. The molecule has 1 unspecified atom stereocenters. The molecule has 7 heteroatoms. The zero-order valence-electron chi connectivity index (χ0n) is 14.9. The van der Waals surface area contributed by atoms with E-state index in [1.807, 2.05) is 13.0 Å². The predicted octanol–water partition coefficient (Wildman–Crippen LogP) is 2.01. The lowest BCUT2D eigenvalue weighted by Crippen LogP contribution is -2.51. The van der Waals surface area contributed by atoms with Crippen molar-refractivity contribution in [3.8, 4) is 5.75 Å². The van der Waals surface area contributed by atoms with Crippen LogP contribution in [0.1, 0.15) is 44.1 Å². The fourth-order valence-electron chi connectivity index (χ4n) is 3.55. The first-order chi connectivity index (χ1) is 12.4. The van der Waals surface area contributed by atoms with Gasteiger partial charge in [-0.05, 0) is 37.5 Å². The molecule has 1 atom stereocenters. The van der Waals surface area contributed by atoms with E-state index < -0.39 is 24.4 Å². The van der Waals surface area contributed by atoms with E-state index in [2.05, 4.69) is 5.32 Å². The highest BCUT2D eigenvalue weighted by molar-refractivity contribution is 6.05. The molecular formula is C19H24N2O5. The molecule has 2 amide bonds. The number of aliphatic carboxylic acids is 1. The first kappa shape index (κ1) is 18.2. The fourth-order valence-corrected chi connectivity index (χ4v) is 3.55. The van der Waals surface area contributed by atoms with Crippen molar-refractivity contribution in [1.82, 2.24) is 5.32 Å². The third-order valence-electron chi connectivity index (χ3n) is 4.85. The summed E-state index contributed by atoms with van der Waals surface area (Å²) in [6.07, 6.45) is 3.75. The van der Waals surface area contributed by atoms with Crippen LogP contribution in [0.3, 0.4) is 0 Å². The van der Waals surface area contributed by atoms with Gasteiger partial charge in [0.1, 0.15) is 12.3 Å². The Morgan fingerprint density at radius 2 is 2.00 bits per heavy atom. The number of aryl methyl sites for hydroxylation is 1. The monoisotopic (exact) mass is 360 g/mol. The number of hydrogen-bond acceptors (Lipinski definition) is 4. The number of benzene rings is 1. The van der Waals surface area contributed by atoms with Crippen molar-refractivity contribution in [2.45, 2.75) is 57.6 Å². The van der Waals surface area contributed by atoms with Gasteiger partial charge in [0.2, 0.25) is 5.91 Å². The average molecular weight is 360 g/mol. The first-order valence-electron chi connectivity index (χ1n) is 9.04. The van der Waals surface area contributed by atoms with Crippen LogP contribution in [0.25, 0.3) is 0 Å². The molecule has 3 rings (SSSR count). The molecule has 1 fully saturated rings. The SMILES string of the molecule is Cc1ccc2c(c1)N(CC(=O)NC1CCCCC1)C(=O)C(CC(=O)O)O2. The van der Waals surface area contributed by atoms with Gasteiger partial charge in [0.05, 0.1) is 12.1 Å². The minimum absolute atomic E-state index is 0.134. The number of nitrogens with one attached hydrogen (secondary N) is 1. The van der Waals surface area contributed by atoms with Gasteiger partial charge in [0.15, 0.2) is 6.10 Å². The van der Waals surface area contributed by atoms with Crippen molar-refractivity contribution < 1.29 is 24.2 Å². The topological polar surface area (TPSA) is 95.9 Å². The summed E-state index contributed by atoms with van der Waals surface area (Å²) in [5, 5.41) is 12.0. The van der Waals surface area contributed by atoms with Crippen LogP contribution < -0.4 is 15.0 Å². The Bertz CT molecular complexity index is 712. The van der Waals surface area contributed by atoms with Gasteiger partial charge in [-0.2, -0.15) is 0 Å². The van der Waals surface area contributed by atoms with Gasteiger partial charge in [0, 0.05) is 6.04 Å². The zero-order valence-corrected chi connectivity index (χ0v) is 14.9. The number of rotatable bonds is 5. The Balaban J connectivity index is 1.78. The Kier molecular flexibility index (Phi) is 5.44. The van der Waals surface area contributed by atoms with Crippen molar-refractivity contribution in [3.63, 3.8) is 0 Å². The summed E-state index contributed by atoms with van der Waals surface area (Å²) in [4.78, 5) is 37.6.